The molecule has 0 amide bonds. The van der Waals surface area contributed by atoms with Gasteiger partial charge in [-0.1, -0.05) is 32.0 Å². The Labute approximate surface area is 108 Å². The lowest BCUT2D eigenvalue weighted by atomic mass is 10.1. The van der Waals surface area contributed by atoms with Crippen molar-refractivity contribution < 1.29 is 13.9 Å². The molecule has 1 unspecified atom stereocenters. The quantitative estimate of drug-likeness (QED) is 0.743. The van der Waals surface area contributed by atoms with Gasteiger partial charge in [-0.2, -0.15) is 0 Å². The van der Waals surface area contributed by atoms with Gasteiger partial charge in [-0.05, 0) is 30.9 Å². The van der Waals surface area contributed by atoms with E-state index >= 15 is 0 Å². The lowest BCUT2D eigenvalue weighted by Crippen LogP contribution is -2.19. The van der Waals surface area contributed by atoms with Gasteiger partial charge in [-0.25, -0.2) is 4.39 Å². The standard InChI is InChI=1S/C15H21FO2/c1-11(2)8-12(3)18-10-14(17)9-13-6-4-5-7-15(13)16/h4-7,11-12H,8-10H2,1-3H3. The maximum atomic E-state index is 13.3. The average molecular weight is 252 g/mol. The third-order valence-corrected chi connectivity index (χ3v) is 2.68. The molecule has 1 aromatic carbocycles. The first-order valence-corrected chi connectivity index (χ1v) is 6.35. The molecular formula is C15H21FO2. The summed E-state index contributed by atoms with van der Waals surface area (Å²) >= 11 is 0. The van der Waals surface area contributed by atoms with Gasteiger partial charge in [0.15, 0.2) is 5.78 Å². The van der Waals surface area contributed by atoms with Crippen molar-refractivity contribution in [2.24, 2.45) is 5.92 Å². The molecule has 0 saturated heterocycles. The molecule has 0 aliphatic rings. The average Bonchev–Trinajstić information content (AvgIpc) is 2.29. The molecule has 0 spiro atoms. The van der Waals surface area contributed by atoms with Crippen molar-refractivity contribution in [2.45, 2.75) is 39.7 Å². The van der Waals surface area contributed by atoms with Gasteiger partial charge in [-0.15, -0.1) is 0 Å². The van der Waals surface area contributed by atoms with E-state index < -0.39 is 0 Å². The highest BCUT2D eigenvalue weighted by Gasteiger charge is 2.11. The van der Waals surface area contributed by atoms with Gasteiger partial charge in [0.25, 0.3) is 0 Å². The molecular weight excluding hydrogens is 231 g/mol. The van der Waals surface area contributed by atoms with E-state index in [1.165, 1.54) is 6.07 Å². The Morgan fingerprint density at radius 2 is 1.94 bits per heavy atom. The van der Waals surface area contributed by atoms with Crippen molar-refractivity contribution in [3.05, 3.63) is 35.6 Å². The van der Waals surface area contributed by atoms with Crippen molar-refractivity contribution in [1.82, 2.24) is 0 Å². The Balaban J connectivity index is 2.36. The molecule has 1 atom stereocenters. The second kappa shape index (κ2) is 7.27. The number of hydrogen-bond acceptors (Lipinski definition) is 2. The van der Waals surface area contributed by atoms with Gasteiger partial charge < -0.3 is 4.74 Å². The molecule has 0 aromatic heterocycles. The van der Waals surface area contributed by atoms with Crippen molar-refractivity contribution in [3.63, 3.8) is 0 Å². The first-order valence-electron chi connectivity index (χ1n) is 6.35. The van der Waals surface area contributed by atoms with Crippen LogP contribution >= 0.6 is 0 Å². The highest BCUT2D eigenvalue weighted by molar-refractivity contribution is 5.82. The van der Waals surface area contributed by atoms with E-state index in [9.17, 15) is 9.18 Å². The van der Waals surface area contributed by atoms with E-state index in [2.05, 4.69) is 13.8 Å². The molecule has 18 heavy (non-hydrogen) atoms. The summed E-state index contributed by atoms with van der Waals surface area (Å²) in [5.41, 5.74) is 0.433. The number of hydrogen-bond donors (Lipinski definition) is 0. The van der Waals surface area contributed by atoms with Crippen LogP contribution < -0.4 is 0 Å². The van der Waals surface area contributed by atoms with E-state index in [1.54, 1.807) is 18.2 Å². The number of ketones is 1. The fourth-order valence-corrected chi connectivity index (χ4v) is 1.87. The van der Waals surface area contributed by atoms with E-state index in [4.69, 9.17) is 4.74 Å². The first kappa shape index (κ1) is 14.8. The summed E-state index contributed by atoms with van der Waals surface area (Å²) in [7, 11) is 0. The number of Topliss-reactive ketones (excluding diaryl/α,β-unsaturated/α-hetero) is 1. The van der Waals surface area contributed by atoms with E-state index in [-0.39, 0.29) is 30.7 Å². The molecule has 0 heterocycles. The minimum atomic E-state index is -0.332. The molecule has 3 heteroatoms. The van der Waals surface area contributed by atoms with E-state index in [1.807, 2.05) is 6.92 Å². The highest BCUT2D eigenvalue weighted by atomic mass is 19.1. The lowest BCUT2D eigenvalue weighted by Gasteiger charge is -2.14. The van der Waals surface area contributed by atoms with Crippen LogP contribution in [0.3, 0.4) is 0 Å². The van der Waals surface area contributed by atoms with Crippen LogP contribution in [0.2, 0.25) is 0 Å². The molecule has 2 nitrogen and oxygen atoms in total. The zero-order valence-electron chi connectivity index (χ0n) is 11.3. The number of benzene rings is 1. The van der Waals surface area contributed by atoms with Gasteiger partial charge in [0.1, 0.15) is 12.4 Å². The zero-order valence-corrected chi connectivity index (χ0v) is 11.3. The second-order valence-corrected chi connectivity index (χ2v) is 5.06. The minimum Gasteiger partial charge on any atom is -0.371 e. The fourth-order valence-electron chi connectivity index (χ4n) is 1.87. The summed E-state index contributed by atoms with van der Waals surface area (Å²) in [6.07, 6.45) is 1.09. The number of carbonyl (C=O) groups is 1. The van der Waals surface area contributed by atoms with Gasteiger partial charge in [-0.3, -0.25) is 4.79 Å². The molecule has 0 aliphatic heterocycles. The lowest BCUT2D eigenvalue weighted by molar-refractivity contribution is -0.124. The van der Waals surface area contributed by atoms with Crippen molar-refractivity contribution in [3.8, 4) is 0 Å². The molecule has 0 N–H and O–H groups in total. The fraction of sp³-hybridized carbons (Fsp3) is 0.533. The third-order valence-electron chi connectivity index (χ3n) is 2.68. The molecule has 0 aliphatic carbocycles. The highest BCUT2D eigenvalue weighted by Crippen LogP contribution is 2.10. The largest absolute Gasteiger partial charge is 0.371 e. The second-order valence-electron chi connectivity index (χ2n) is 5.06. The van der Waals surface area contributed by atoms with Crippen LogP contribution in [0.25, 0.3) is 0 Å². The molecule has 0 radical (unpaired) electrons. The van der Waals surface area contributed by atoms with Crippen LogP contribution in [0.5, 0.6) is 0 Å². The Bertz CT molecular complexity index is 388. The monoisotopic (exact) mass is 252 g/mol. The maximum Gasteiger partial charge on any atom is 0.162 e. The van der Waals surface area contributed by atoms with Crippen LogP contribution in [0.4, 0.5) is 4.39 Å². The van der Waals surface area contributed by atoms with Crippen molar-refractivity contribution >= 4 is 5.78 Å². The Hall–Kier alpha value is -1.22. The molecule has 1 aromatic rings. The van der Waals surface area contributed by atoms with Gasteiger partial charge in [0, 0.05) is 6.42 Å². The summed E-state index contributed by atoms with van der Waals surface area (Å²) in [5, 5.41) is 0. The number of rotatable bonds is 7. The molecule has 0 bridgehead atoms. The number of carbonyl (C=O) groups excluding carboxylic acids is 1. The van der Waals surface area contributed by atoms with Crippen molar-refractivity contribution in [2.75, 3.05) is 6.61 Å². The molecule has 1 rings (SSSR count). The Morgan fingerprint density at radius 3 is 2.56 bits per heavy atom. The summed E-state index contributed by atoms with van der Waals surface area (Å²) in [6, 6.07) is 6.34. The van der Waals surface area contributed by atoms with Gasteiger partial charge >= 0.3 is 0 Å². The minimum absolute atomic E-state index is 0.0578. The van der Waals surface area contributed by atoms with Crippen molar-refractivity contribution in [1.29, 1.82) is 0 Å². The van der Waals surface area contributed by atoms with Gasteiger partial charge in [0.05, 0.1) is 6.10 Å². The molecule has 100 valence electrons. The van der Waals surface area contributed by atoms with Crippen LogP contribution in [0.15, 0.2) is 24.3 Å². The summed E-state index contributed by atoms with van der Waals surface area (Å²) in [5.74, 6) is 0.124. The third kappa shape index (κ3) is 5.41. The van der Waals surface area contributed by atoms with Gasteiger partial charge in [0.2, 0.25) is 0 Å². The predicted molar refractivity (Wildman–Crippen MR) is 70.0 cm³/mol. The Kier molecular flexibility index (Phi) is 5.99. The maximum absolute atomic E-state index is 13.3. The van der Waals surface area contributed by atoms with Crippen LogP contribution in [0, 0.1) is 11.7 Å². The SMILES string of the molecule is CC(C)CC(C)OCC(=O)Cc1ccccc1F. The number of ether oxygens (including phenoxy) is 1. The topological polar surface area (TPSA) is 26.3 Å². The number of halogens is 1. The van der Waals surface area contributed by atoms with Crippen LogP contribution in [0.1, 0.15) is 32.8 Å². The Morgan fingerprint density at radius 1 is 1.28 bits per heavy atom. The zero-order chi connectivity index (χ0) is 13.5. The van der Waals surface area contributed by atoms with E-state index in [0.717, 1.165) is 6.42 Å². The first-order chi connectivity index (χ1) is 8.49. The van der Waals surface area contributed by atoms with Crippen LogP contribution in [-0.2, 0) is 16.0 Å². The molecule has 0 saturated carbocycles. The normalized spacial score (nSPS) is 12.7. The van der Waals surface area contributed by atoms with Crippen LogP contribution in [-0.4, -0.2) is 18.5 Å². The summed E-state index contributed by atoms with van der Waals surface area (Å²) in [4.78, 5) is 11.7. The smallest absolute Gasteiger partial charge is 0.162 e. The predicted octanol–water partition coefficient (Wildman–Crippen LogP) is 3.39. The summed E-state index contributed by atoms with van der Waals surface area (Å²) in [6.45, 7) is 6.24. The van der Waals surface area contributed by atoms with E-state index in [0.29, 0.717) is 11.5 Å². The molecule has 0 fully saturated rings. The summed E-state index contributed by atoms with van der Waals surface area (Å²) < 4.78 is 18.8.